The van der Waals surface area contributed by atoms with E-state index in [1.807, 2.05) is 19.1 Å². The van der Waals surface area contributed by atoms with E-state index in [9.17, 15) is 4.79 Å². The first kappa shape index (κ1) is 14.8. The van der Waals surface area contributed by atoms with Crippen molar-refractivity contribution >= 4 is 5.97 Å². The molecule has 1 saturated carbocycles. The van der Waals surface area contributed by atoms with Crippen LogP contribution in [-0.2, 0) is 4.79 Å². The van der Waals surface area contributed by atoms with Gasteiger partial charge in [0.2, 0.25) is 0 Å². The molecule has 0 aliphatic heterocycles. The number of benzene rings is 1. The number of esters is 1. The molecule has 0 aromatic heterocycles. The van der Waals surface area contributed by atoms with Gasteiger partial charge in [0, 0.05) is 0 Å². The van der Waals surface area contributed by atoms with E-state index < -0.39 is 0 Å². The van der Waals surface area contributed by atoms with E-state index in [4.69, 9.17) is 4.74 Å². The van der Waals surface area contributed by atoms with Gasteiger partial charge in [-0.2, -0.15) is 0 Å². The second-order valence-corrected chi connectivity index (χ2v) is 6.21. The van der Waals surface area contributed by atoms with Gasteiger partial charge in [0.25, 0.3) is 0 Å². The molecule has 0 heterocycles. The highest BCUT2D eigenvalue weighted by Crippen LogP contribution is 2.45. The molecule has 0 spiro atoms. The minimum atomic E-state index is -0.320. The molecule has 20 heavy (non-hydrogen) atoms. The Morgan fingerprint density at radius 3 is 2.65 bits per heavy atom. The van der Waals surface area contributed by atoms with Gasteiger partial charge in [0.05, 0.1) is 5.41 Å². The normalized spacial score (nSPS) is 16.6. The summed E-state index contributed by atoms with van der Waals surface area (Å²) in [6.07, 6.45) is 5.49. The Hall–Kier alpha value is -1.57. The fraction of sp³-hybridized carbons (Fsp3) is 0.500. The quantitative estimate of drug-likeness (QED) is 0.438. The average Bonchev–Trinajstić information content (AvgIpc) is 2.33. The van der Waals surface area contributed by atoms with E-state index in [0.717, 1.165) is 36.1 Å². The van der Waals surface area contributed by atoms with Crippen LogP contribution in [0.1, 0.15) is 56.6 Å². The standard InChI is InChI=1S/C18H24O2/c1-5-9-18(10-6-11-18)17(19)20-16-12-14(4)7-8-15(16)13(2)3/h5,7-8,12-13H,1,6,9-11H2,2-4H3. The molecule has 0 amide bonds. The summed E-state index contributed by atoms with van der Waals surface area (Å²) in [4.78, 5) is 12.5. The highest BCUT2D eigenvalue weighted by Gasteiger charge is 2.44. The molecule has 0 atom stereocenters. The zero-order valence-corrected chi connectivity index (χ0v) is 12.7. The first-order valence-corrected chi connectivity index (χ1v) is 7.42. The minimum absolute atomic E-state index is 0.0869. The van der Waals surface area contributed by atoms with Crippen LogP contribution < -0.4 is 4.74 Å². The predicted octanol–water partition coefficient (Wildman–Crippen LogP) is 4.77. The van der Waals surface area contributed by atoms with Gasteiger partial charge in [-0.15, -0.1) is 6.58 Å². The molecular formula is C18H24O2. The molecule has 0 radical (unpaired) electrons. The van der Waals surface area contributed by atoms with E-state index in [-0.39, 0.29) is 11.4 Å². The van der Waals surface area contributed by atoms with Crippen molar-refractivity contribution < 1.29 is 9.53 Å². The van der Waals surface area contributed by atoms with Crippen molar-refractivity contribution in [2.75, 3.05) is 0 Å². The summed E-state index contributed by atoms with van der Waals surface area (Å²) in [5.41, 5.74) is 1.89. The van der Waals surface area contributed by atoms with Gasteiger partial charge < -0.3 is 4.74 Å². The maximum atomic E-state index is 12.5. The number of ether oxygens (including phenoxy) is 1. The largest absolute Gasteiger partial charge is 0.426 e. The summed E-state index contributed by atoms with van der Waals surface area (Å²) >= 11 is 0. The molecule has 1 aromatic carbocycles. The van der Waals surface area contributed by atoms with Crippen LogP contribution in [-0.4, -0.2) is 5.97 Å². The van der Waals surface area contributed by atoms with Crippen LogP contribution >= 0.6 is 0 Å². The molecule has 0 unspecified atom stereocenters. The topological polar surface area (TPSA) is 26.3 Å². The number of hydrogen-bond donors (Lipinski definition) is 0. The lowest BCUT2D eigenvalue weighted by Crippen LogP contribution is -2.40. The van der Waals surface area contributed by atoms with Crippen molar-refractivity contribution in [1.29, 1.82) is 0 Å². The molecule has 2 heteroatoms. The second kappa shape index (κ2) is 5.82. The van der Waals surface area contributed by atoms with Crippen LogP contribution in [0, 0.1) is 12.3 Å². The molecule has 2 nitrogen and oxygen atoms in total. The van der Waals surface area contributed by atoms with Crippen LogP contribution in [0.4, 0.5) is 0 Å². The second-order valence-electron chi connectivity index (χ2n) is 6.21. The summed E-state index contributed by atoms with van der Waals surface area (Å²) in [5, 5.41) is 0. The van der Waals surface area contributed by atoms with E-state index >= 15 is 0 Å². The Bertz CT molecular complexity index is 510. The molecule has 1 aliphatic carbocycles. The lowest BCUT2D eigenvalue weighted by molar-refractivity contribution is -0.151. The molecule has 2 rings (SSSR count). The molecule has 1 fully saturated rings. The smallest absolute Gasteiger partial charge is 0.317 e. The van der Waals surface area contributed by atoms with Gasteiger partial charge in [-0.05, 0) is 49.3 Å². The van der Waals surface area contributed by atoms with Crippen molar-refractivity contribution in [2.24, 2.45) is 5.41 Å². The highest BCUT2D eigenvalue weighted by molar-refractivity contribution is 5.80. The molecule has 0 saturated heterocycles. The predicted molar refractivity (Wildman–Crippen MR) is 82.0 cm³/mol. The van der Waals surface area contributed by atoms with Gasteiger partial charge in [-0.1, -0.05) is 38.5 Å². The highest BCUT2D eigenvalue weighted by atomic mass is 16.5. The number of allylic oxidation sites excluding steroid dienone is 1. The Kier molecular flexibility index (Phi) is 4.32. The summed E-state index contributed by atoms with van der Waals surface area (Å²) in [7, 11) is 0. The van der Waals surface area contributed by atoms with Crippen molar-refractivity contribution in [3.05, 3.63) is 42.0 Å². The van der Waals surface area contributed by atoms with Crippen LogP contribution in [0.5, 0.6) is 5.75 Å². The summed E-state index contributed by atoms with van der Waals surface area (Å²) in [5.74, 6) is 0.978. The van der Waals surface area contributed by atoms with E-state index in [0.29, 0.717) is 12.3 Å². The SMILES string of the molecule is C=CCC1(C(=O)Oc2cc(C)ccc2C(C)C)CCC1. The minimum Gasteiger partial charge on any atom is -0.426 e. The summed E-state index contributed by atoms with van der Waals surface area (Å²) in [6, 6.07) is 6.09. The fourth-order valence-electron chi connectivity index (χ4n) is 2.79. The first-order chi connectivity index (χ1) is 9.48. The van der Waals surface area contributed by atoms with E-state index in [2.05, 4.69) is 32.6 Å². The average molecular weight is 272 g/mol. The van der Waals surface area contributed by atoms with Gasteiger partial charge in [0.15, 0.2) is 0 Å². The van der Waals surface area contributed by atoms with Gasteiger partial charge in [-0.3, -0.25) is 4.79 Å². The maximum Gasteiger partial charge on any atom is 0.317 e. The Balaban J connectivity index is 2.23. The molecule has 1 aliphatic rings. The first-order valence-electron chi connectivity index (χ1n) is 7.42. The molecule has 1 aromatic rings. The van der Waals surface area contributed by atoms with E-state index in [1.165, 1.54) is 0 Å². The number of hydrogen-bond acceptors (Lipinski definition) is 2. The fourth-order valence-corrected chi connectivity index (χ4v) is 2.79. The third-order valence-electron chi connectivity index (χ3n) is 4.27. The summed E-state index contributed by atoms with van der Waals surface area (Å²) in [6.45, 7) is 10.0. The Morgan fingerprint density at radius 1 is 1.45 bits per heavy atom. The lowest BCUT2D eigenvalue weighted by atomic mass is 9.66. The molecule has 0 bridgehead atoms. The third kappa shape index (κ3) is 2.79. The van der Waals surface area contributed by atoms with Crippen molar-refractivity contribution in [3.63, 3.8) is 0 Å². The lowest BCUT2D eigenvalue weighted by Gasteiger charge is -2.38. The van der Waals surface area contributed by atoms with Crippen LogP contribution in [0.2, 0.25) is 0 Å². The van der Waals surface area contributed by atoms with Crippen molar-refractivity contribution in [2.45, 2.75) is 52.4 Å². The monoisotopic (exact) mass is 272 g/mol. The Labute approximate surface area is 121 Å². The van der Waals surface area contributed by atoms with Gasteiger partial charge >= 0.3 is 5.97 Å². The van der Waals surface area contributed by atoms with Gasteiger partial charge in [0.1, 0.15) is 5.75 Å². The maximum absolute atomic E-state index is 12.5. The number of carbonyl (C=O) groups is 1. The van der Waals surface area contributed by atoms with Crippen LogP contribution in [0.3, 0.4) is 0 Å². The number of carbonyl (C=O) groups excluding carboxylic acids is 1. The molecule has 108 valence electrons. The zero-order valence-electron chi connectivity index (χ0n) is 12.7. The zero-order chi connectivity index (χ0) is 14.8. The van der Waals surface area contributed by atoms with Crippen molar-refractivity contribution in [1.82, 2.24) is 0 Å². The van der Waals surface area contributed by atoms with E-state index in [1.54, 1.807) is 0 Å². The van der Waals surface area contributed by atoms with Crippen LogP contribution in [0.15, 0.2) is 30.9 Å². The third-order valence-corrected chi connectivity index (χ3v) is 4.27. The van der Waals surface area contributed by atoms with Crippen LogP contribution in [0.25, 0.3) is 0 Å². The van der Waals surface area contributed by atoms with Gasteiger partial charge in [-0.25, -0.2) is 0 Å². The Morgan fingerprint density at radius 2 is 2.15 bits per heavy atom. The molecular weight excluding hydrogens is 248 g/mol. The van der Waals surface area contributed by atoms with Crippen molar-refractivity contribution in [3.8, 4) is 5.75 Å². The number of aryl methyl sites for hydroxylation is 1. The summed E-state index contributed by atoms with van der Waals surface area (Å²) < 4.78 is 5.76. The molecule has 0 N–H and O–H groups in total. The number of rotatable bonds is 5.